The molecule has 0 saturated heterocycles. The number of carbonyl (C=O) groups excluding carboxylic acids is 2. The van der Waals surface area contributed by atoms with Crippen molar-refractivity contribution in [1.82, 2.24) is 0 Å². The molecule has 0 N–H and O–H groups in total. The van der Waals surface area contributed by atoms with Crippen LogP contribution >= 0.6 is 0 Å². The van der Waals surface area contributed by atoms with Gasteiger partial charge in [0.25, 0.3) is 0 Å². The lowest BCUT2D eigenvalue weighted by atomic mass is 9.77. The van der Waals surface area contributed by atoms with Gasteiger partial charge in [-0.15, -0.1) is 0 Å². The third kappa shape index (κ3) is 12.1. The molecule has 27 heavy (non-hydrogen) atoms. The van der Waals surface area contributed by atoms with Crippen LogP contribution in [-0.2, 0) is 19.1 Å². The van der Waals surface area contributed by atoms with Gasteiger partial charge in [0.1, 0.15) is 5.78 Å². The van der Waals surface area contributed by atoms with Gasteiger partial charge in [-0.25, -0.2) is 0 Å². The van der Waals surface area contributed by atoms with Gasteiger partial charge in [-0.1, -0.05) is 39.2 Å². The van der Waals surface area contributed by atoms with Crippen molar-refractivity contribution in [3.8, 4) is 0 Å². The van der Waals surface area contributed by atoms with Crippen molar-refractivity contribution < 1.29 is 19.1 Å². The lowest BCUT2D eigenvalue weighted by Gasteiger charge is -2.27. The fourth-order valence-corrected chi connectivity index (χ4v) is 3.74. The minimum absolute atomic E-state index is 0.127. The van der Waals surface area contributed by atoms with E-state index in [1.807, 2.05) is 0 Å². The summed E-state index contributed by atoms with van der Waals surface area (Å²) in [5.74, 6) is 1.13. The van der Waals surface area contributed by atoms with E-state index in [9.17, 15) is 9.59 Å². The summed E-state index contributed by atoms with van der Waals surface area (Å²) < 4.78 is 11.1. The highest BCUT2D eigenvalue weighted by molar-refractivity contribution is 5.89. The average Bonchev–Trinajstić information content (AvgIpc) is 2.69. The fraction of sp³-hybridized carbons (Fsp3) is 0.826. The highest BCUT2D eigenvalue weighted by Gasteiger charge is 2.26. The Kier molecular flexibility index (Phi) is 14.2. The van der Waals surface area contributed by atoms with E-state index in [1.165, 1.54) is 31.8 Å². The summed E-state index contributed by atoms with van der Waals surface area (Å²) in [5, 5.41) is 0. The Bertz CT molecular complexity index is 411. The Balaban J connectivity index is 1.92. The van der Waals surface area contributed by atoms with Gasteiger partial charge in [0.2, 0.25) is 0 Å². The predicted molar refractivity (Wildman–Crippen MR) is 110 cm³/mol. The number of unbranched alkanes of at least 4 members (excludes halogenated alkanes) is 4. The monoisotopic (exact) mass is 380 g/mol. The summed E-state index contributed by atoms with van der Waals surface area (Å²) >= 11 is 0. The highest BCUT2D eigenvalue weighted by atomic mass is 16.5. The molecule has 0 amide bonds. The standard InChI is InChI=1S/C23H40O4/c1-3-5-6-7-8-15-26-17-18-27-16-9-10-23(25)21-13-11-20(12-14-21)19-22(24)4-2/h4,20-21H,2-3,5-19H2,1H3. The molecule has 1 rings (SSSR count). The number of hydrogen-bond acceptors (Lipinski definition) is 4. The topological polar surface area (TPSA) is 52.6 Å². The molecule has 1 aliphatic carbocycles. The zero-order valence-corrected chi connectivity index (χ0v) is 17.4. The third-order valence-electron chi connectivity index (χ3n) is 5.50. The molecule has 4 heteroatoms. The molecule has 0 aromatic carbocycles. The molecular weight excluding hydrogens is 340 g/mol. The lowest BCUT2D eigenvalue weighted by molar-refractivity contribution is -0.124. The van der Waals surface area contributed by atoms with E-state index < -0.39 is 0 Å². The van der Waals surface area contributed by atoms with Gasteiger partial charge in [0, 0.05) is 32.0 Å². The molecule has 4 nitrogen and oxygen atoms in total. The number of hydrogen-bond donors (Lipinski definition) is 0. The van der Waals surface area contributed by atoms with Crippen molar-refractivity contribution in [2.24, 2.45) is 11.8 Å². The summed E-state index contributed by atoms with van der Waals surface area (Å²) in [5.41, 5.74) is 0. The maximum Gasteiger partial charge on any atom is 0.155 e. The molecule has 0 aliphatic heterocycles. The molecule has 156 valence electrons. The van der Waals surface area contributed by atoms with E-state index in [1.54, 1.807) is 0 Å². The van der Waals surface area contributed by atoms with E-state index in [-0.39, 0.29) is 11.7 Å². The summed E-state index contributed by atoms with van der Waals surface area (Å²) in [6.07, 6.45) is 13.5. The Morgan fingerprint density at radius 3 is 2.15 bits per heavy atom. The second-order valence-electron chi connectivity index (χ2n) is 7.80. The first-order chi connectivity index (χ1) is 13.2. The van der Waals surface area contributed by atoms with Crippen LogP contribution in [0.1, 0.15) is 84.0 Å². The third-order valence-corrected chi connectivity index (χ3v) is 5.50. The molecule has 0 radical (unpaired) electrons. The normalized spacial score (nSPS) is 19.7. The molecule has 1 saturated carbocycles. The molecule has 1 fully saturated rings. The smallest absolute Gasteiger partial charge is 0.155 e. The van der Waals surface area contributed by atoms with E-state index in [0.29, 0.717) is 44.4 Å². The van der Waals surface area contributed by atoms with Crippen LogP contribution in [-0.4, -0.2) is 38.0 Å². The zero-order valence-electron chi connectivity index (χ0n) is 17.4. The fourth-order valence-electron chi connectivity index (χ4n) is 3.74. The van der Waals surface area contributed by atoms with Crippen LogP contribution in [0.2, 0.25) is 0 Å². The van der Waals surface area contributed by atoms with Crippen LogP contribution in [0.5, 0.6) is 0 Å². The van der Waals surface area contributed by atoms with Crippen LogP contribution in [0.25, 0.3) is 0 Å². The zero-order chi connectivity index (χ0) is 19.7. The second-order valence-corrected chi connectivity index (χ2v) is 7.80. The van der Waals surface area contributed by atoms with Gasteiger partial charge >= 0.3 is 0 Å². The molecule has 0 unspecified atom stereocenters. The second kappa shape index (κ2) is 16.0. The SMILES string of the molecule is C=CC(=O)CC1CCC(C(=O)CCCOCCOCCCCCCC)CC1. The summed E-state index contributed by atoms with van der Waals surface area (Å²) in [4.78, 5) is 23.7. The van der Waals surface area contributed by atoms with Crippen molar-refractivity contribution in [2.45, 2.75) is 84.0 Å². The van der Waals surface area contributed by atoms with Gasteiger partial charge in [0.05, 0.1) is 13.2 Å². The molecule has 0 aromatic heterocycles. The Morgan fingerprint density at radius 1 is 0.889 bits per heavy atom. The van der Waals surface area contributed by atoms with E-state index in [2.05, 4.69) is 13.5 Å². The Morgan fingerprint density at radius 2 is 1.52 bits per heavy atom. The van der Waals surface area contributed by atoms with Crippen LogP contribution in [0.4, 0.5) is 0 Å². The summed E-state index contributed by atoms with van der Waals surface area (Å²) in [7, 11) is 0. The molecule has 0 bridgehead atoms. The first kappa shape index (κ1) is 24.0. The van der Waals surface area contributed by atoms with Crippen molar-refractivity contribution >= 4 is 11.6 Å². The molecule has 0 aromatic rings. The first-order valence-corrected chi connectivity index (χ1v) is 11.0. The largest absolute Gasteiger partial charge is 0.379 e. The first-order valence-electron chi connectivity index (χ1n) is 11.0. The predicted octanol–water partition coefficient (Wildman–Crippen LogP) is 5.29. The number of allylic oxidation sites excluding steroid dienone is 1. The Labute approximate surface area is 166 Å². The van der Waals surface area contributed by atoms with Crippen molar-refractivity contribution in [3.05, 3.63) is 12.7 Å². The van der Waals surface area contributed by atoms with Crippen LogP contribution in [0, 0.1) is 11.8 Å². The van der Waals surface area contributed by atoms with Crippen LogP contribution in [0.3, 0.4) is 0 Å². The van der Waals surface area contributed by atoms with Gasteiger partial charge in [-0.2, -0.15) is 0 Å². The minimum atomic E-state index is 0.127. The van der Waals surface area contributed by atoms with Crippen molar-refractivity contribution in [1.29, 1.82) is 0 Å². The summed E-state index contributed by atoms with van der Waals surface area (Å²) in [6, 6.07) is 0. The van der Waals surface area contributed by atoms with Crippen LogP contribution in [0.15, 0.2) is 12.7 Å². The highest BCUT2D eigenvalue weighted by Crippen LogP contribution is 2.32. The van der Waals surface area contributed by atoms with Crippen molar-refractivity contribution in [3.63, 3.8) is 0 Å². The molecule has 0 heterocycles. The molecular formula is C23H40O4. The van der Waals surface area contributed by atoms with Gasteiger partial charge in [-0.3, -0.25) is 9.59 Å². The van der Waals surface area contributed by atoms with Gasteiger partial charge in [0.15, 0.2) is 5.78 Å². The van der Waals surface area contributed by atoms with E-state index in [0.717, 1.165) is 45.1 Å². The number of ether oxygens (including phenoxy) is 2. The van der Waals surface area contributed by atoms with E-state index in [4.69, 9.17) is 9.47 Å². The van der Waals surface area contributed by atoms with Crippen LogP contribution < -0.4 is 0 Å². The number of Topliss-reactive ketones (excluding diaryl/α,β-unsaturated/α-hetero) is 1. The maximum atomic E-state index is 12.3. The summed E-state index contributed by atoms with van der Waals surface area (Å²) in [6.45, 7) is 8.48. The molecule has 0 spiro atoms. The quantitative estimate of drug-likeness (QED) is 0.254. The van der Waals surface area contributed by atoms with Gasteiger partial charge < -0.3 is 9.47 Å². The average molecular weight is 381 g/mol. The van der Waals surface area contributed by atoms with Crippen molar-refractivity contribution in [2.75, 3.05) is 26.4 Å². The minimum Gasteiger partial charge on any atom is -0.379 e. The Hall–Kier alpha value is -1.00. The molecule has 1 aliphatic rings. The van der Waals surface area contributed by atoms with E-state index >= 15 is 0 Å². The molecule has 0 atom stereocenters. The van der Waals surface area contributed by atoms with Gasteiger partial charge in [-0.05, 0) is 50.5 Å². The number of carbonyl (C=O) groups is 2. The number of ketones is 2. The number of rotatable bonds is 17. The lowest BCUT2D eigenvalue weighted by Crippen LogP contribution is -2.23. The maximum absolute atomic E-state index is 12.3.